The number of halogens is 2. The summed E-state index contributed by atoms with van der Waals surface area (Å²) in [6, 6.07) is 2.72. The second kappa shape index (κ2) is 3.85. The van der Waals surface area contributed by atoms with Gasteiger partial charge in [0.15, 0.2) is 11.6 Å². The number of aromatic hydroxyl groups is 1. The van der Waals surface area contributed by atoms with Gasteiger partial charge in [-0.05, 0) is 12.1 Å². The Balaban J connectivity index is 2.53. The number of carboxylic acids is 1. The van der Waals surface area contributed by atoms with Crippen molar-refractivity contribution in [1.82, 2.24) is 9.78 Å². The van der Waals surface area contributed by atoms with Crippen LogP contribution in [0.4, 0.5) is 8.78 Å². The fraction of sp³-hybridized carbons (Fsp3) is 0. The predicted molar refractivity (Wildman–Crippen MR) is 52.1 cm³/mol. The molecule has 0 spiro atoms. The van der Waals surface area contributed by atoms with E-state index in [1.807, 2.05) is 0 Å². The second-order valence-electron chi connectivity index (χ2n) is 3.21. The zero-order chi connectivity index (χ0) is 12.6. The van der Waals surface area contributed by atoms with Crippen LogP contribution < -0.4 is 0 Å². The topological polar surface area (TPSA) is 75.3 Å². The van der Waals surface area contributed by atoms with Gasteiger partial charge >= 0.3 is 5.97 Å². The van der Waals surface area contributed by atoms with Crippen LogP contribution in [-0.2, 0) is 0 Å². The Morgan fingerprint density at radius 1 is 1.35 bits per heavy atom. The molecule has 1 aromatic heterocycles. The summed E-state index contributed by atoms with van der Waals surface area (Å²) in [4.78, 5) is 10.6. The summed E-state index contributed by atoms with van der Waals surface area (Å²) in [6.07, 6.45) is 0.930. The molecule has 0 saturated heterocycles. The van der Waals surface area contributed by atoms with Crippen LogP contribution in [0.2, 0.25) is 0 Å². The van der Waals surface area contributed by atoms with Gasteiger partial charge in [0.25, 0.3) is 0 Å². The molecule has 0 atom stereocenters. The number of hydrogen-bond donors (Lipinski definition) is 2. The van der Waals surface area contributed by atoms with Crippen molar-refractivity contribution in [2.75, 3.05) is 0 Å². The molecule has 1 heterocycles. The molecule has 0 unspecified atom stereocenters. The Labute approximate surface area is 93.5 Å². The maximum absolute atomic E-state index is 13.3. The highest BCUT2D eigenvalue weighted by atomic mass is 19.1. The largest absolute Gasteiger partial charge is 0.504 e. The minimum Gasteiger partial charge on any atom is -0.504 e. The summed E-state index contributed by atoms with van der Waals surface area (Å²) in [5, 5.41) is 21.4. The van der Waals surface area contributed by atoms with E-state index < -0.39 is 29.0 Å². The minimum absolute atomic E-state index is 0.158. The molecule has 7 heteroatoms. The third-order valence-electron chi connectivity index (χ3n) is 2.05. The molecule has 0 saturated carbocycles. The smallest absolute Gasteiger partial charge is 0.360 e. The van der Waals surface area contributed by atoms with Crippen molar-refractivity contribution in [3.63, 3.8) is 0 Å². The predicted octanol–water partition coefficient (Wildman–Crippen LogP) is 1.55. The molecule has 88 valence electrons. The average Bonchev–Trinajstić information content (AvgIpc) is 2.60. The number of aromatic nitrogens is 2. The SMILES string of the molecule is O=C(O)c1nn(-c2ccc(F)cc2F)cc1O. The van der Waals surface area contributed by atoms with E-state index in [-0.39, 0.29) is 5.69 Å². The third kappa shape index (κ3) is 1.94. The van der Waals surface area contributed by atoms with E-state index in [4.69, 9.17) is 5.11 Å². The molecule has 0 aliphatic rings. The normalized spacial score (nSPS) is 10.5. The maximum atomic E-state index is 13.3. The highest BCUT2D eigenvalue weighted by Gasteiger charge is 2.17. The number of rotatable bonds is 2. The van der Waals surface area contributed by atoms with Crippen molar-refractivity contribution < 1.29 is 23.8 Å². The van der Waals surface area contributed by atoms with Gasteiger partial charge < -0.3 is 10.2 Å². The van der Waals surface area contributed by atoms with Gasteiger partial charge in [-0.1, -0.05) is 0 Å². The Morgan fingerprint density at radius 2 is 2.06 bits per heavy atom. The number of carboxylic acid groups (broad SMARTS) is 1. The highest BCUT2D eigenvalue weighted by molar-refractivity contribution is 5.88. The van der Waals surface area contributed by atoms with E-state index in [1.54, 1.807) is 0 Å². The van der Waals surface area contributed by atoms with E-state index in [2.05, 4.69) is 5.10 Å². The van der Waals surface area contributed by atoms with Crippen LogP contribution in [0.1, 0.15) is 10.5 Å². The fourth-order valence-electron chi connectivity index (χ4n) is 1.31. The lowest BCUT2D eigenvalue weighted by atomic mass is 10.3. The van der Waals surface area contributed by atoms with Crippen LogP contribution in [0.5, 0.6) is 5.75 Å². The van der Waals surface area contributed by atoms with Crippen LogP contribution in [0.25, 0.3) is 5.69 Å². The Morgan fingerprint density at radius 3 is 2.59 bits per heavy atom. The molecule has 2 aromatic rings. The zero-order valence-corrected chi connectivity index (χ0v) is 8.26. The van der Waals surface area contributed by atoms with Crippen LogP contribution in [0.15, 0.2) is 24.4 Å². The van der Waals surface area contributed by atoms with Crippen molar-refractivity contribution in [2.45, 2.75) is 0 Å². The monoisotopic (exact) mass is 240 g/mol. The number of hydrogen-bond acceptors (Lipinski definition) is 3. The molecule has 0 amide bonds. The summed E-state index contributed by atoms with van der Waals surface area (Å²) < 4.78 is 26.8. The van der Waals surface area contributed by atoms with Crippen molar-refractivity contribution in [3.8, 4) is 11.4 Å². The molecule has 5 nitrogen and oxygen atoms in total. The van der Waals surface area contributed by atoms with Gasteiger partial charge in [-0.15, -0.1) is 0 Å². The lowest BCUT2D eigenvalue weighted by Crippen LogP contribution is -2.03. The molecule has 0 fully saturated rings. The third-order valence-corrected chi connectivity index (χ3v) is 2.05. The summed E-state index contributed by atoms with van der Waals surface area (Å²) >= 11 is 0. The highest BCUT2D eigenvalue weighted by Crippen LogP contribution is 2.20. The first-order valence-corrected chi connectivity index (χ1v) is 4.46. The second-order valence-corrected chi connectivity index (χ2v) is 3.21. The van der Waals surface area contributed by atoms with Gasteiger partial charge in [-0.2, -0.15) is 5.10 Å². The lowest BCUT2D eigenvalue weighted by Gasteiger charge is -2.01. The van der Waals surface area contributed by atoms with Crippen LogP contribution in [-0.4, -0.2) is 26.0 Å². The first kappa shape index (κ1) is 11.1. The first-order chi connectivity index (χ1) is 7.99. The summed E-state index contributed by atoms with van der Waals surface area (Å²) in [7, 11) is 0. The van der Waals surface area contributed by atoms with E-state index in [9.17, 15) is 18.7 Å². The van der Waals surface area contributed by atoms with Crippen LogP contribution in [0.3, 0.4) is 0 Å². The Hall–Kier alpha value is -2.44. The van der Waals surface area contributed by atoms with Crippen molar-refractivity contribution >= 4 is 5.97 Å². The molecule has 2 N–H and O–H groups in total. The molecule has 0 radical (unpaired) electrons. The average molecular weight is 240 g/mol. The number of nitrogens with zero attached hydrogens (tertiary/aromatic N) is 2. The van der Waals surface area contributed by atoms with Crippen molar-refractivity contribution in [2.24, 2.45) is 0 Å². The van der Waals surface area contributed by atoms with Gasteiger partial charge in [0.1, 0.15) is 11.5 Å². The molecule has 0 bridgehead atoms. The van der Waals surface area contributed by atoms with Crippen molar-refractivity contribution in [1.29, 1.82) is 0 Å². The number of aromatic carboxylic acids is 1. The van der Waals surface area contributed by atoms with Gasteiger partial charge in [-0.25, -0.2) is 18.3 Å². The molecule has 0 aliphatic carbocycles. The molecular formula is C10H6F2N2O3. The number of carbonyl (C=O) groups is 1. The molecule has 0 aliphatic heterocycles. The minimum atomic E-state index is -1.44. The van der Waals surface area contributed by atoms with Gasteiger partial charge in [0, 0.05) is 6.07 Å². The quantitative estimate of drug-likeness (QED) is 0.835. The van der Waals surface area contributed by atoms with Crippen LogP contribution in [0, 0.1) is 11.6 Å². The van der Waals surface area contributed by atoms with Gasteiger partial charge in [0.05, 0.1) is 6.20 Å². The Kier molecular flexibility index (Phi) is 2.51. The van der Waals surface area contributed by atoms with E-state index in [0.717, 1.165) is 23.0 Å². The van der Waals surface area contributed by atoms with E-state index in [0.29, 0.717) is 6.07 Å². The maximum Gasteiger partial charge on any atom is 0.360 e. The summed E-state index contributed by atoms with van der Waals surface area (Å²) in [5.41, 5.74) is -0.761. The standard InChI is InChI=1S/C10H6F2N2O3/c11-5-1-2-7(6(12)3-5)14-4-8(15)9(13-14)10(16)17/h1-4,15H,(H,16,17). The molecular weight excluding hydrogens is 234 g/mol. The molecule has 1 aromatic carbocycles. The fourth-order valence-corrected chi connectivity index (χ4v) is 1.31. The Bertz CT molecular complexity index is 595. The van der Waals surface area contributed by atoms with Crippen LogP contribution >= 0.6 is 0 Å². The van der Waals surface area contributed by atoms with Gasteiger partial charge in [0.2, 0.25) is 5.69 Å². The zero-order valence-electron chi connectivity index (χ0n) is 8.26. The van der Waals surface area contributed by atoms with E-state index in [1.165, 1.54) is 0 Å². The lowest BCUT2D eigenvalue weighted by molar-refractivity contribution is 0.0687. The van der Waals surface area contributed by atoms with E-state index >= 15 is 0 Å². The number of benzene rings is 1. The van der Waals surface area contributed by atoms with Crippen molar-refractivity contribution in [3.05, 3.63) is 41.7 Å². The molecule has 17 heavy (non-hydrogen) atoms. The van der Waals surface area contributed by atoms with Gasteiger partial charge in [-0.3, -0.25) is 0 Å². The molecule has 2 rings (SSSR count). The summed E-state index contributed by atoms with van der Waals surface area (Å²) in [5.74, 6) is -3.71. The summed E-state index contributed by atoms with van der Waals surface area (Å²) in [6.45, 7) is 0. The first-order valence-electron chi connectivity index (χ1n) is 4.46.